The minimum absolute atomic E-state index is 0.156. The lowest BCUT2D eigenvalue weighted by molar-refractivity contribution is 0.300. The highest BCUT2D eigenvalue weighted by Crippen LogP contribution is 2.28. The average Bonchev–Trinajstić information content (AvgIpc) is 2.32. The molecular weight excluding hydrogens is 306 g/mol. The van der Waals surface area contributed by atoms with Crippen molar-refractivity contribution in [2.24, 2.45) is 0 Å². The zero-order valence-corrected chi connectivity index (χ0v) is 11.1. The van der Waals surface area contributed by atoms with E-state index in [2.05, 4.69) is 15.9 Å². The van der Waals surface area contributed by atoms with Gasteiger partial charge >= 0.3 is 0 Å². The summed E-state index contributed by atoms with van der Waals surface area (Å²) in [6.45, 7) is 0.156. The van der Waals surface area contributed by atoms with Gasteiger partial charge in [-0.1, -0.05) is 45.7 Å². The molecule has 0 aromatic heterocycles. The van der Waals surface area contributed by atoms with Crippen LogP contribution in [0.3, 0.4) is 0 Å². The smallest absolute Gasteiger partial charge is 0.139 e. The summed E-state index contributed by atoms with van der Waals surface area (Å²) in [6.07, 6.45) is 0. The summed E-state index contributed by atoms with van der Waals surface area (Å²) in [4.78, 5) is 0. The van der Waals surface area contributed by atoms with Crippen LogP contribution in [0.15, 0.2) is 46.9 Å². The minimum Gasteiger partial charge on any atom is -0.487 e. The summed E-state index contributed by atoms with van der Waals surface area (Å²) >= 11 is 9.29. The highest BCUT2D eigenvalue weighted by atomic mass is 79.9. The second kappa shape index (κ2) is 5.52. The van der Waals surface area contributed by atoms with Crippen LogP contribution in [0.2, 0.25) is 5.02 Å². The molecule has 0 aliphatic heterocycles. The van der Waals surface area contributed by atoms with Crippen molar-refractivity contribution in [3.8, 4) is 5.75 Å². The molecule has 0 spiro atoms. The highest BCUT2D eigenvalue weighted by molar-refractivity contribution is 9.10. The lowest BCUT2D eigenvalue weighted by Crippen LogP contribution is -1.98. The van der Waals surface area contributed by atoms with E-state index in [0.29, 0.717) is 16.3 Å². The van der Waals surface area contributed by atoms with Crippen LogP contribution in [0.5, 0.6) is 5.75 Å². The van der Waals surface area contributed by atoms with Crippen LogP contribution in [0.1, 0.15) is 5.56 Å². The third-order valence-corrected chi connectivity index (χ3v) is 3.04. The molecule has 1 nitrogen and oxygen atoms in total. The number of rotatable bonds is 3. The Hall–Kier alpha value is -1.06. The van der Waals surface area contributed by atoms with E-state index in [1.54, 1.807) is 30.3 Å². The predicted molar refractivity (Wildman–Crippen MR) is 69.9 cm³/mol. The standard InChI is InChI=1S/C13H9BrClFO/c14-10-5-6-11(15)13(7-10)17-8-9-3-1-2-4-12(9)16/h1-7H,8H2. The van der Waals surface area contributed by atoms with Gasteiger partial charge in [0, 0.05) is 10.0 Å². The number of ether oxygens (including phenoxy) is 1. The van der Waals surface area contributed by atoms with Crippen LogP contribution in [-0.4, -0.2) is 0 Å². The summed E-state index contributed by atoms with van der Waals surface area (Å²) in [5.41, 5.74) is 0.503. The van der Waals surface area contributed by atoms with Crippen LogP contribution in [-0.2, 0) is 6.61 Å². The van der Waals surface area contributed by atoms with Gasteiger partial charge in [0.1, 0.15) is 18.2 Å². The van der Waals surface area contributed by atoms with Gasteiger partial charge < -0.3 is 4.74 Å². The molecule has 2 aromatic carbocycles. The van der Waals surface area contributed by atoms with Crippen molar-refractivity contribution >= 4 is 27.5 Å². The molecule has 0 saturated carbocycles. The Morgan fingerprint density at radius 1 is 1.18 bits per heavy atom. The Morgan fingerprint density at radius 2 is 1.94 bits per heavy atom. The van der Waals surface area contributed by atoms with Gasteiger partial charge in [0.15, 0.2) is 0 Å². The van der Waals surface area contributed by atoms with Gasteiger partial charge in [-0.25, -0.2) is 4.39 Å². The SMILES string of the molecule is Fc1ccccc1COc1cc(Br)ccc1Cl. The van der Waals surface area contributed by atoms with Crippen molar-refractivity contribution in [2.75, 3.05) is 0 Å². The van der Waals surface area contributed by atoms with Crippen molar-refractivity contribution in [3.63, 3.8) is 0 Å². The maximum Gasteiger partial charge on any atom is 0.139 e. The molecule has 0 atom stereocenters. The first-order valence-electron chi connectivity index (χ1n) is 4.98. The second-order valence-electron chi connectivity index (χ2n) is 3.45. The molecule has 0 amide bonds. The molecule has 2 rings (SSSR count). The fourth-order valence-electron chi connectivity index (χ4n) is 1.36. The molecule has 0 aliphatic carbocycles. The van der Waals surface area contributed by atoms with Crippen LogP contribution >= 0.6 is 27.5 Å². The Morgan fingerprint density at radius 3 is 2.71 bits per heavy atom. The molecule has 0 N–H and O–H groups in total. The van der Waals surface area contributed by atoms with Crippen LogP contribution < -0.4 is 4.74 Å². The Labute approximate surface area is 112 Å². The van der Waals surface area contributed by atoms with Gasteiger partial charge in [-0.05, 0) is 24.3 Å². The van der Waals surface area contributed by atoms with E-state index in [0.717, 1.165) is 4.47 Å². The molecule has 0 radical (unpaired) electrons. The number of hydrogen-bond donors (Lipinski definition) is 0. The molecule has 4 heteroatoms. The van der Waals surface area contributed by atoms with E-state index >= 15 is 0 Å². The zero-order valence-electron chi connectivity index (χ0n) is 8.79. The quantitative estimate of drug-likeness (QED) is 0.789. The third-order valence-electron chi connectivity index (χ3n) is 2.23. The molecule has 0 heterocycles. The van der Waals surface area contributed by atoms with Crippen molar-refractivity contribution in [1.29, 1.82) is 0 Å². The molecule has 2 aromatic rings. The maximum atomic E-state index is 13.3. The molecule has 88 valence electrons. The number of benzene rings is 2. The Balaban J connectivity index is 2.12. The van der Waals surface area contributed by atoms with Crippen molar-refractivity contribution in [1.82, 2.24) is 0 Å². The summed E-state index contributed by atoms with van der Waals surface area (Å²) < 4.78 is 19.7. The third kappa shape index (κ3) is 3.20. The van der Waals surface area contributed by atoms with Gasteiger partial charge in [-0.2, -0.15) is 0 Å². The van der Waals surface area contributed by atoms with Crippen LogP contribution in [0.4, 0.5) is 4.39 Å². The number of halogens is 3. The van der Waals surface area contributed by atoms with Gasteiger partial charge in [-0.15, -0.1) is 0 Å². The summed E-state index contributed by atoms with van der Waals surface area (Å²) in [6, 6.07) is 11.8. The van der Waals surface area contributed by atoms with Gasteiger partial charge in [0.2, 0.25) is 0 Å². The van der Waals surface area contributed by atoms with Crippen LogP contribution in [0.25, 0.3) is 0 Å². The first-order chi connectivity index (χ1) is 8.16. The Bertz CT molecular complexity index is 531. The van der Waals surface area contributed by atoms with Crippen molar-refractivity contribution < 1.29 is 9.13 Å². The normalized spacial score (nSPS) is 10.3. The summed E-state index contributed by atoms with van der Waals surface area (Å²) in [5, 5.41) is 0.504. The molecule has 0 aliphatic rings. The van der Waals surface area contributed by atoms with Gasteiger partial charge in [0.05, 0.1) is 5.02 Å². The topological polar surface area (TPSA) is 9.23 Å². The predicted octanol–water partition coefficient (Wildman–Crippen LogP) is 4.82. The molecule has 0 fully saturated rings. The summed E-state index contributed by atoms with van der Waals surface area (Å²) in [5.74, 6) is 0.253. The molecule has 0 unspecified atom stereocenters. The van der Waals surface area contributed by atoms with Gasteiger partial charge in [0.25, 0.3) is 0 Å². The first kappa shape index (κ1) is 12.4. The molecule has 17 heavy (non-hydrogen) atoms. The second-order valence-corrected chi connectivity index (χ2v) is 4.78. The average molecular weight is 316 g/mol. The lowest BCUT2D eigenvalue weighted by atomic mass is 10.2. The van der Waals surface area contributed by atoms with E-state index in [4.69, 9.17) is 16.3 Å². The van der Waals surface area contributed by atoms with Crippen LogP contribution in [0, 0.1) is 5.82 Å². The zero-order chi connectivity index (χ0) is 12.3. The summed E-state index contributed by atoms with van der Waals surface area (Å²) in [7, 11) is 0. The number of hydrogen-bond acceptors (Lipinski definition) is 1. The van der Waals surface area contributed by atoms with E-state index in [-0.39, 0.29) is 12.4 Å². The minimum atomic E-state index is -0.279. The van der Waals surface area contributed by atoms with Gasteiger partial charge in [-0.3, -0.25) is 0 Å². The van der Waals surface area contributed by atoms with Crippen molar-refractivity contribution in [2.45, 2.75) is 6.61 Å². The highest BCUT2D eigenvalue weighted by Gasteiger charge is 2.05. The van der Waals surface area contributed by atoms with E-state index in [1.807, 2.05) is 6.07 Å². The largest absolute Gasteiger partial charge is 0.487 e. The fraction of sp³-hybridized carbons (Fsp3) is 0.0769. The Kier molecular flexibility index (Phi) is 4.02. The first-order valence-corrected chi connectivity index (χ1v) is 6.15. The monoisotopic (exact) mass is 314 g/mol. The molecule has 0 bridgehead atoms. The van der Waals surface area contributed by atoms with E-state index in [9.17, 15) is 4.39 Å². The van der Waals surface area contributed by atoms with E-state index in [1.165, 1.54) is 6.07 Å². The fourth-order valence-corrected chi connectivity index (χ4v) is 1.87. The van der Waals surface area contributed by atoms with Crippen molar-refractivity contribution in [3.05, 3.63) is 63.3 Å². The maximum absolute atomic E-state index is 13.3. The molecule has 0 saturated heterocycles. The lowest BCUT2D eigenvalue weighted by Gasteiger charge is -2.09. The molecular formula is C13H9BrClFO. The van der Waals surface area contributed by atoms with E-state index < -0.39 is 0 Å².